The SMILES string of the molecule is NC(=S)S.[CH2-]CCCCCCCC.[CH2-]CCCCCCCC.[Zn].[c-]1ccccc1. The maximum Gasteiger partial charge on any atom is 0.128 e. The van der Waals surface area contributed by atoms with Gasteiger partial charge >= 0.3 is 0 Å². The summed E-state index contributed by atoms with van der Waals surface area (Å²) in [5.74, 6) is 0. The summed E-state index contributed by atoms with van der Waals surface area (Å²) in [6, 6.07) is 12.5. The summed E-state index contributed by atoms with van der Waals surface area (Å²) in [7, 11) is 0. The first-order valence-corrected chi connectivity index (χ1v) is 11.9. The van der Waals surface area contributed by atoms with Crippen LogP contribution in [0, 0.1) is 19.9 Å². The van der Waals surface area contributed by atoms with Gasteiger partial charge in [0.15, 0.2) is 0 Å². The van der Waals surface area contributed by atoms with Gasteiger partial charge in [0, 0.05) is 19.5 Å². The predicted molar refractivity (Wildman–Crippen MR) is 138 cm³/mol. The molecule has 0 saturated carbocycles. The Morgan fingerprint density at radius 3 is 1.28 bits per heavy atom. The van der Waals surface area contributed by atoms with Gasteiger partial charge in [0.1, 0.15) is 4.32 Å². The molecular formula is C25H46NS2Zn-3. The van der Waals surface area contributed by atoms with Crippen molar-refractivity contribution in [2.45, 2.75) is 104 Å². The van der Waals surface area contributed by atoms with Gasteiger partial charge in [-0.25, -0.2) is 0 Å². The molecule has 2 N–H and O–H groups in total. The second-order valence-electron chi connectivity index (χ2n) is 6.66. The Morgan fingerprint density at radius 1 is 0.759 bits per heavy atom. The van der Waals surface area contributed by atoms with Gasteiger partial charge in [-0.1, -0.05) is 103 Å². The minimum Gasteiger partial charge on any atom is -0.385 e. The van der Waals surface area contributed by atoms with E-state index in [0.29, 0.717) is 0 Å². The van der Waals surface area contributed by atoms with Gasteiger partial charge in [0.05, 0.1) is 0 Å². The summed E-state index contributed by atoms with van der Waals surface area (Å²) in [6.45, 7) is 12.1. The zero-order valence-corrected chi connectivity index (χ0v) is 24.0. The Balaban J connectivity index is -0.000000148. The molecule has 0 amide bonds. The molecule has 1 rings (SSSR count). The number of nitrogens with two attached hydrogens (primary N) is 1. The quantitative estimate of drug-likeness (QED) is 0.101. The standard InChI is InChI=1S/2C9H19.C6H5.CH3NS2.Zn/c2*1-3-5-7-9-8-6-4-2;1-2-4-6-5-3-1;2-1(3)4;/h2*1,3-9H2,2H3;1-5H;(H3,2,3,4);/q3*-1;;. The Hall–Kier alpha value is 0.0834. The van der Waals surface area contributed by atoms with Gasteiger partial charge in [0.2, 0.25) is 0 Å². The average molecular weight is 490 g/mol. The normalized spacial score (nSPS) is 8.72. The van der Waals surface area contributed by atoms with E-state index in [2.05, 4.69) is 58.6 Å². The fourth-order valence-corrected chi connectivity index (χ4v) is 2.26. The minimum atomic E-state index is 0. The van der Waals surface area contributed by atoms with Crippen LogP contribution in [-0.4, -0.2) is 4.32 Å². The predicted octanol–water partition coefficient (Wildman–Crippen LogP) is 8.79. The summed E-state index contributed by atoms with van der Waals surface area (Å²) in [5, 5.41) is 0. The topological polar surface area (TPSA) is 26.0 Å². The summed E-state index contributed by atoms with van der Waals surface area (Å²) >= 11 is 7.65. The zero-order valence-electron chi connectivity index (χ0n) is 19.3. The Morgan fingerprint density at radius 2 is 1.07 bits per heavy atom. The number of hydrogen-bond donors (Lipinski definition) is 2. The first kappa shape index (κ1) is 36.5. The van der Waals surface area contributed by atoms with E-state index in [0.717, 1.165) is 12.8 Å². The molecular weight excluding hydrogens is 444 g/mol. The van der Waals surface area contributed by atoms with Crippen molar-refractivity contribution >= 4 is 29.2 Å². The molecule has 0 heterocycles. The molecule has 0 aliphatic heterocycles. The van der Waals surface area contributed by atoms with Crippen molar-refractivity contribution in [3.05, 3.63) is 50.2 Å². The molecule has 1 aromatic rings. The number of thiocarbonyl (C=S) groups is 1. The Labute approximate surface area is 207 Å². The number of rotatable bonds is 12. The minimum absolute atomic E-state index is 0. The molecule has 0 unspecified atom stereocenters. The molecule has 0 aliphatic carbocycles. The maximum atomic E-state index is 4.71. The molecule has 0 bridgehead atoms. The molecule has 1 aromatic carbocycles. The van der Waals surface area contributed by atoms with Crippen LogP contribution in [0.1, 0.15) is 104 Å². The van der Waals surface area contributed by atoms with Gasteiger partial charge < -0.3 is 19.6 Å². The zero-order chi connectivity index (χ0) is 21.7. The number of benzene rings is 1. The number of unbranched alkanes of at least 4 members (excludes halogenated alkanes) is 12. The van der Waals surface area contributed by atoms with Gasteiger partial charge in [-0.2, -0.15) is 49.2 Å². The van der Waals surface area contributed by atoms with Crippen LogP contribution in [0.5, 0.6) is 0 Å². The van der Waals surface area contributed by atoms with Crippen molar-refractivity contribution < 1.29 is 19.5 Å². The number of thiol groups is 1. The van der Waals surface area contributed by atoms with E-state index in [-0.39, 0.29) is 23.8 Å². The van der Waals surface area contributed by atoms with E-state index < -0.39 is 0 Å². The third kappa shape index (κ3) is 58.4. The first-order chi connectivity index (χ1) is 13.6. The first-order valence-electron chi connectivity index (χ1n) is 11.0. The molecule has 4 heteroatoms. The van der Waals surface area contributed by atoms with E-state index in [1.165, 1.54) is 77.0 Å². The average Bonchev–Trinajstić information content (AvgIpc) is 2.70. The molecule has 0 spiro atoms. The molecule has 0 atom stereocenters. The molecule has 168 valence electrons. The number of hydrogen-bond acceptors (Lipinski definition) is 1. The van der Waals surface area contributed by atoms with E-state index in [4.69, 9.17) is 5.73 Å². The van der Waals surface area contributed by atoms with E-state index in [1.54, 1.807) is 0 Å². The van der Waals surface area contributed by atoms with Crippen molar-refractivity contribution in [2.24, 2.45) is 5.73 Å². The molecule has 0 aliphatic rings. The fraction of sp³-hybridized carbons (Fsp3) is 0.640. The van der Waals surface area contributed by atoms with Crippen LogP contribution in [0.4, 0.5) is 0 Å². The van der Waals surface area contributed by atoms with Crippen LogP contribution in [-0.2, 0) is 19.5 Å². The molecule has 29 heavy (non-hydrogen) atoms. The molecule has 0 radical (unpaired) electrons. The molecule has 0 saturated heterocycles. The van der Waals surface area contributed by atoms with Crippen molar-refractivity contribution in [3.8, 4) is 0 Å². The van der Waals surface area contributed by atoms with Crippen molar-refractivity contribution in [2.75, 3.05) is 0 Å². The van der Waals surface area contributed by atoms with Crippen LogP contribution in [0.25, 0.3) is 0 Å². The molecule has 0 fully saturated rings. The van der Waals surface area contributed by atoms with Crippen LogP contribution in [0.3, 0.4) is 0 Å². The summed E-state index contributed by atoms with van der Waals surface area (Å²) < 4.78 is 0.194. The van der Waals surface area contributed by atoms with Crippen molar-refractivity contribution in [1.82, 2.24) is 0 Å². The molecule has 0 aromatic heterocycles. The Bertz CT molecular complexity index is 304. The second kappa shape index (κ2) is 38.7. The second-order valence-corrected chi connectivity index (χ2v) is 7.88. The van der Waals surface area contributed by atoms with Crippen LogP contribution >= 0.6 is 24.8 Å². The Kier molecular flexibility index (Phi) is 48.6. The third-order valence-electron chi connectivity index (χ3n) is 3.81. The van der Waals surface area contributed by atoms with E-state index in [9.17, 15) is 0 Å². The van der Waals surface area contributed by atoms with E-state index >= 15 is 0 Å². The maximum absolute atomic E-state index is 4.71. The van der Waals surface area contributed by atoms with E-state index in [1.807, 2.05) is 30.3 Å². The third-order valence-corrected chi connectivity index (χ3v) is 3.81. The van der Waals surface area contributed by atoms with Gasteiger partial charge in [0.25, 0.3) is 0 Å². The monoisotopic (exact) mass is 488 g/mol. The summed E-state index contributed by atoms with van der Waals surface area (Å²) in [6.07, 6.45) is 18.9. The van der Waals surface area contributed by atoms with Crippen molar-refractivity contribution in [3.63, 3.8) is 0 Å². The van der Waals surface area contributed by atoms with Crippen LogP contribution in [0.15, 0.2) is 30.3 Å². The van der Waals surface area contributed by atoms with Gasteiger partial charge in [-0.3, -0.25) is 0 Å². The van der Waals surface area contributed by atoms with Gasteiger partial charge in [-0.15, -0.1) is 12.6 Å². The largest absolute Gasteiger partial charge is 0.385 e. The summed E-state index contributed by atoms with van der Waals surface area (Å²) in [4.78, 5) is 0. The summed E-state index contributed by atoms with van der Waals surface area (Å²) in [5.41, 5.74) is 4.71. The molecule has 1 nitrogen and oxygen atoms in total. The van der Waals surface area contributed by atoms with Crippen molar-refractivity contribution in [1.29, 1.82) is 0 Å². The fourth-order valence-electron chi connectivity index (χ4n) is 2.26. The smallest absolute Gasteiger partial charge is 0.128 e. The van der Waals surface area contributed by atoms with Gasteiger partial charge in [-0.05, 0) is 0 Å². The van der Waals surface area contributed by atoms with Crippen LogP contribution in [0.2, 0.25) is 0 Å². The van der Waals surface area contributed by atoms with Crippen LogP contribution < -0.4 is 5.73 Å².